The lowest BCUT2D eigenvalue weighted by Crippen LogP contribution is -2.65. The van der Waals surface area contributed by atoms with Crippen molar-refractivity contribution in [2.45, 2.75) is 184 Å². The molecule has 5 fully saturated rings. The molecule has 0 aromatic heterocycles. The van der Waals surface area contributed by atoms with Gasteiger partial charge in [0.05, 0.1) is 17.4 Å². The molecule has 1 amide bonds. The Bertz CT molecular complexity index is 2010. The summed E-state index contributed by atoms with van der Waals surface area (Å²) in [4.78, 5) is 54.9. The Hall–Kier alpha value is -2.93. The first-order valence-corrected chi connectivity index (χ1v) is 23.5. The van der Waals surface area contributed by atoms with Crippen LogP contribution in [0.5, 0.6) is 0 Å². The maximum atomic E-state index is 14.3. The predicted molar refractivity (Wildman–Crippen MR) is 238 cm³/mol. The van der Waals surface area contributed by atoms with Gasteiger partial charge in [0.2, 0.25) is 5.91 Å². The van der Waals surface area contributed by atoms with Gasteiger partial charge in [-0.05, 0) is 175 Å². The fourth-order valence-electron chi connectivity index (χ4n) is 14.3. The van der Waals surface area contributed by atoms with Gasteiger partial charge < -0.3 is 14.8 Å². The Labute approximate surface area is 366 Å². The number of ketones is 1. The molecular weight excluding hydrogens is 770 g/mol. The van der Waals surface area contributed by atoms with E-state index in [0.29, 0.717) is 28.9 Å². The van der Waals surface area contributed by atoms with Crippen molar-refractivity contribution in [3.8, 4) is 0 Å². The fourth-order valence-corrected chi connectivity index (χ4v) is 14.4. The highest BCUT2D eigenvalue weighted by Gasteiger charge is 2.70. The summed E-state index contributed by atoms with van der Waals surface area (Å²) in [6, 6.07) is 7.83. The standard InChI is InChI=1S/C52H74ClNO6/c1-31(2)41-36(55)29-51(28-32(3)43(57)54-52(25-26-52)33-15-14-16-34(53)27-33)24-23-49(12)35(42(41)51)17-18-38-48(11)21-20-39(47(9,10)37(48)19-22-50(38,49)13)59-40(56)30-46(7,8)44(58)60-45(4,5)6/h14-16,27-28,31,35,37-39H,17-26,29-30H2,1-13H3,(H,54,57)/t35-,37+,38-,39+,48+,49-,50-,51-/m1/s1. The molecule has 0 heterocycles. The molecule has 7 rings (SSSR count). The molecule has 0 bridgehead atoms. The number of esters is 2. The number of hydrogen-bond acceptors (Lipinski definition) is 6. The number of Topliss-reactive ketones (excluding diaryl/α,β-unsaturated/α-hetero) is 1. The lowest BCUT2D eigenvalue weighted by atomic mass is 9.33. The van der Waals surface area contributed by atoms with Crippen LogP contribution in [0.3, 0.4) is 0 Å². The lowest BCUT2D eigenvalue weighted by Gasteiger charge is -2.72. The molecular formula is C52H74ClNO6. The van der Waals surface area contributed by atoms with E-state index in [0.717, 1.165) is 75.3 Å². The van der Waals surface area contributed by atoms with Crippen LogP contribution in [-0.2, 0) is 34.2 Å². The van der Waals surface area contributed by atoms with E-state index >= 15 is 0 Å². The number of hydrogen-bond donors (Lipinski definition) is 1. The average molecular weight is 845 g/mol. The van der Waals surface area contributed by atoms with E-state index < -0.39 is 16.4 Å². The van der Waals surface area contributed by atoms with Gasteiger partial charge in [-0.2, -0.15) is 0 Å². The van der Waals surface area contributed by atoms with Crippen LogP contribution in [0.15, 0.2) is 47.1 Å². The SMILES string of the molecule is CC(=C[C@@]12CC[C@]3(C)[C@H](CC[C@@H]4[C@@]5(C)CC[C@H](OC(=O)CC(C)(C)C(=O)OC(C)(C)C)C(C)(C)[C@@H]5CC[C@]43C)C1=C(C(C)C)C(=O)C2)C(=O)NC1(c2cccc(Cl)c2)CC1. The zero-order valence-electron chi connectivity index (χ0n) is 39.1. The first kappa shape index (κ1) is 45.1. The molecule has 0 spiro atoms. The van der Waals surface area contributed by atoms with E-state index in [2.05, 4.69) is 59.9 Å². The zero-order valence-corrected chi connectivity index (χ0v) is 39.8. The van der Waals surface area contributed by atoms with Gasteiger partial charge in [0.1, 0.15) is 11.7 Å². The molecule has 0 unspecified atom stereocenters. The third kappa shape index (κ3) is 7.34. The maximum Gasteiger partial charge on any atom is 0.312 e. The second-order valence-corrected chi connectivity index (χ2v) is 24.1. The largest absolute Gasteiger partial charge is 0.462 e. The molecule has 1 aromatic rings. The van der Waals surface area contributed by atoms with Crippen LogP contribution in [0.2, 0.25) is 5.02 Å². The van der Waals surface area contributed by atoms with Crippen LogP contribution < -0.4 is 5.32 Å². The van der Waals surface area contributed by atoms with Gasteiger partial charge in [-0.1, -0.05) is 78.3 Å². The number of carbonyl (C=O) groups excluding carboxylic acids is 4. The highest BCUT2D eigenvalue weighted by molar-refractivity contribution is 6.30. The van der Waals surface area contributed by atoms with Crippen molar-refractivity contribution >= 4 is 35.2 Å². The number of fused-ring (bicyclic) bond motifs is 7. The Kier molecular flexibility index (Phi) is 11.2. The van der Waals surface area contributed by atoms with E-state index in [4.69, 9.17) is 21.1 Å². The summed E-state index contributed by atoms with van der Waals surface area (Å²) in [6.07, 6.45) is 12.2. The van der Waals surface area contributed by atoms with Crippen molar-refractivity contribution in [1.82, 2.24) is 5.32 Å². The number of ether oxygens (including phenoxy) is 2. The summed E-state index contributed by atoms with van der Waals surface area (Å²) in [5, 5.41) is 4.06. The van der Waals surface area contributed by atoms with Gasteiger partial charge in [0.25, 0.3) is 0 Å². The summed E-state index contributed by atoms with van der Waals surface area (Å²) < 4.78 is 12.0. The number of amides is 1. The van der Waals surface area contributed by atoms with Crippen LogP contribution in [0, 0.1) is 56.2 Å². The number of halogens is 1. The van der Waals surface area contributed by atoms with Crippen molar-refractivity contribution in [3.63, 3.8) is 0 Å². The van der Waals surface area contributed by atoms with E-state index in [1.165, 1.54) is 5.57 Å². The summed E-state index contributed by atoms with van der Waals surface area (Å²) >= 11 is 6.36. The van der Waals surface area contributed by atoms with Crippen molar-refractivity contribution < 1.29 is 28.7 Å². The van der Waals surface area contributed by atoms with Gasteiger partial charge in [0, 0.05) is 27.8 Å². The minimum absolute atomic E-state index is 0.0111. The minimum atomic E-state index is -0.983. The molecule has 1 N–H and O–H groups in total. The van der Waals surface area contributed by atoms with Crippen molar-refractivity contribution in [1.29, 1.82) is 0 Å². The molecule has 0 radical (unpaired) electrons. The van der Waals surface area contributed by atoms with Crippen LogP contribution in [0.4, 0.5) is 0 Å². The monoisotopic (exact) mass is 844 g/mol. The molecule has 0 saturated heterocycles. The molecule has 0 aliphatic heterocycles. The van der Waals surface area contributed by atoms with E-state index in [-0.39, 0.29) is 75.2 Å². The summed E-state index contributed by atoms with van der Waals surface area (Å²) in [7, 11) is 0. The summed E-state index contributed by atoms with van der Waals surface area (Å²) in [5.41, 5.74) is 1.54. The third-order valence-corrected chi connectivity index (χ3v) is 17.8. The first-order valence-electron chi connectivity index (χ1n) is 23.1. The summed E-state index contributed by atoms with van der Waals surface area (Å²) in [6.45, 7) is 27.7. The molecule has 6 aliphatic rings. The first-order chi connectivity index (χ1) is 27.6. The molecule has 6 aliphatic carbocycles. The van der Waals surface area contributed by atoms with Crippen molar-refractivity contribution in [3.05, 3.63) is 57.6 Å². The Balaban J connectivity index is 1.13. The molecule has 8 atom stereocenters. The topological polar surface area (TPSA) is 98.8 Å². The third-order valence-electron chi connectivity index (χ3n) is 17.6. The van der Waals surface area contributed by atoms with Gasteiger partial charge >= 0.3 is 11.9 Å². The normalized spacial score (nSPS) is 35.8. The highest BCUT2D eigenvalue weighted by atomic mass is 35.5. The van der Waals surface area contributed by atoms with Crippen molar-refractivity contribution in [2.75, 3.05) is 0 Å². The van der Waals surface area contributed by atoms with E-state index in [1.54, 1.807) is 13.8 Å². The second kappa shape index (κ2) is 14.8. The Morgan fingerprint density at radius 2 is 1.57 bits per heavy atom. The van der Waals surface area contributed by atoms with Crippen molar-refractivity contribution in [2.24, 2.45) is 56.2 Å². The summed E-state index contributed by atoms with van der Waals surface area (Å²) in [5.74, 6) is 0.736. The number of rotatable bonds is 9. The van der Waals surface area contributed by atoms with Crippen LogP contribution in [-0.4, -0.2) is 35.3 Å². The molecule has 1 aromatic carbocycles. The second-order valence-electron chi connectivity index (χ2n) is 23.6. The molecule has 7 nitrogen and oxygen atoms in total. The van der Waals surface area contributed by atoms with Gasteiger partial charge in [0.15, 0.2) is 5.78 Å². The molecule has 5 saturated carbocycles. The van der Waals surface area contributed by atoms with E-state index in [1.807, 2.05) is 52.0 Å². The Morgan fingerprint density at radius 3 is 2.18 bits per heavy atom. The van der Waals surface area contributed by atoms with Gasteiger partial charge in [-0.25, -0.2) is 0 Å². The van der Waals surface area contributed by atoms with Crippen LogP contribution in [0.1, 0.15) is 173 Å². The minimum Gasteiger partial charge on any atom is -0.462 e. The number of benzene rings is 1. The number of nitrogens with one attached hydrogen (secondary N) is 1. The van der Waals surface area contributed by atoms with E-state index in [9.17, 15) is 19.2 Å². The predicted octanol–water partition coefficient (Wildman–Crippen LogP) is 12.0. The highest BCUT2D eigenvalue weighted by Crippen LogP contribution is 2.77. The molecule has 330 valence electrons. The molecule has 60 heavy (non-hydrogen) atoms. The molecule has 8 heteroatoms. The lowest BCUT2D eigenvalue weighted by molar-refractivity contribution is -0.232. The quantitative estimate of drug-likeness (QED) is 0.196. The zero-order chi connectivity index (χ0) is 44.2. The van der Waals surface area contributed by atoms with Gasteiger partial charge in [-0.3, -0.25) is 19.2 Å². The smallest absolute Gasteiger partial charge is 0.312 e. The number of allylic oxidation sites excluding steroid dienone is 3. The average Bonchev–Trinajstić information content (AvgIpc) is 3.84. The fraction of sp³-hybridized carbons (Fsp3) is 0.731. The van der Waals surface area contributed by atoms with Crippen LogP contribution >= 0.6 is 11.6 Å². The van der Waals surface area contributed by atoms with Gasteiger partial charge in [-0.15, -0.1) is 0 Å². The maximum absolute atomic E-state index is 14.3. The Morgan fingerprint density at radius 1 is 0.883 bits per heavy atom. The van der Waals surface area contributed by atoms with Crippen LogP contribution in [0.25, 0.3) is 0 Å². The number of carbonyl (C=O) groups is 4.